The van der Waals surface area contributed by atoms with Crippen molar-refractivity contribution in [2.45, 2.75) is 47.0 Å². The number of hydrogen-bond acceptors (Lipinski definition) is 3. The highest BCUT2D eigenvalue weighted by molar-refractivity contribution is 6.03. The van der Waals surface area contributed by atoms with E-state index in [4.69, 9.17) is 4.74 Å². The van der Waals surface area contributed by atoms with E-state index in [1.165, 1.54) is 31.2 Å². The normalized spacial score (nSPS) is 11.7. The van der Waals surface area contributed by atoms with Crippen molar-refractivity contribution >= 4 is 17.7 Å². The van der Waals surface area contributed by atoms with Gasteiger partial charge in [0.2, 0.25) is 5.69 Å². The maximum absolute atomic E-state index is 14.2. The molecule has 0 aliphatic rings. The Balaban J connectivity index is 1.73. The summed E-state index contributed by atoms with van der Waals surface area (Å²) in [6, 6.07) is 15.1. The van der Waals surface area contributed by atoms with Gasteiger partial charge in [0.05, 0.1) is 12.7 Å². The van der Waals surface area contributed by atoms with Gasteiger partial charge in [-0.3, -0.25) is 4.79 Å². The van der Waals surface area contributed by atoms with Crippen LogP contribution in [0.4, 0.5) is 14.5 Å². The predicted molar refractivity (Wildman–Crippen MR) is 155 cm³/mol. The predicted octanol–water partition coefficient (Wildman–Crippen LogP) is 7.70. The van der Waals surface area contributed by atoms with Crippen LogP contribution >= 0.6 is 0 Å². The Morgan fingerprint density at radius 3 is 2.42 bits per heavy atom. The molecule has 8 heteroatoms. The zero-order valence-electron chi connectivity index (χ0n) is 23.5. The number of allylic oxidation sites excluding steroid dienone is 1. The minimum Gasteiger partial charge on any atom is -0.710 e. The van der Waals surface area contributed by atoms with Crippen molar-refractivity contribution in [3.05, 3.63) is 99.5 Å². The first-order chi connectivity index (χ1) is 19.0. The van der Waals surface area contributed by atoms with Crippen molar-refractivity contribution in [1.82, 2.24) is 4.98 Å². The number of aryl methyl sites for hydroxylation is 3. The Morgan fingerprint density at radius 1 is 1.10 bits per heavy atom. The van der Waals surface area contributed by atoms with Gasteiger partial charge in [0.15, 0.2) is 5.69 Å². The summed E-state index contributed by atoms with van der Waals surface area (Å²) in [5.74, 6) is -2.89. The second-order valence-electron chi connectivity index (χ2n) is 9.78. The highest BCUT2D eigenvalue weighted by atomic mass is 19.3. The molecule has 0 aliphatic heterocycles. The summed E-state index contributed by atoms with van der Waals surface area (Å²) in [6.45, 7) is 9.04. The highest BCUT2D eigenvalue weighted by Crippen LogP contribution is 2.38. The number of amides is 1. The standard InChI is InChI=1S/C32H33F2N3O3/c1-7-10-22-15-19(3)28(20(4)16-22)26-17-23(13-14-27(26)40-6)30-35-21(5)29(37(30)39)31(38)36-25-12-9-11-24(18-25)32(33,34)8-2/h7,9-18,35H,8H2,1-6H3,(H,36,38)/b10-7-. The summed E-state index contributed by atoms with van der Waals surface area (Å²) in [6.07, 6.45) is 3.66. The molecule has 40 heavy (non-hydrogen) atoms. The molecule has 4 rings (SSSR count). The number of nitrogens with zero attached hydrogens (tertiary/aromatic N) is 1. The first-order valence-corrected chi connectivity index (χ1v) is 13.0. The smallest absolute Gasteiger partial charge is 0.300 e. The van der Waals surface area contributed by atoms with Gasteiger partial charge in [0.25, 0.3) is 17.7 Å². The number of aromatic amines is 1. The molecule has 0 fully saturated rings. The number of halogens is 2. The SMILES string of the molecule is C/C=C\c1cc(C)c(-c2cc(-c3[nH]c(C)c(C(=O)Nc4cccc(C(F)(F)CC)c4)[n+]3[O-])ccc2OC)c(C)c1. The maximum atomic E-state index is 14.2. The number of carbonyl (C=O) groups excluding carboxylic acids is 1. The van der Waals surface area contributed by atoms with Crippen LogP contribution in [0.5, 0.6) is 5.75 Å². The molecule has 0 spiro atoms. The van der Waals surface area contributed by atoms with Crippen LogP contribution < -0.4 is 14.8 Å². The molecule has 2 N–H and O–H groups in total. The lowest BCUT2D eigenvalue weighted by molar-refractivity contribution is -0.594. The summed E-state index contributed by atoms with van der Waals surface area (Å²) >= 11 is 0. The number of carbonyl (C=O) groups is 1. The minimum atomic E-state index is -3.02. The van der Waals surface area contributed by atoms with Crippen molar-refractivity contribution in [2.75, 3.05) is 12.4 Å². The molecule has 1 amide bonds. The molecule has 3 aromatic carbocycles. The van der Waals surface area contributed by atoms with Gasteiger partial charge in [-0.2, -0.15) is 0 Å². The van der Waals surface area contributed by atoms with E-state index in [2.05, 4.69) is 22.4 Å². The number of aromatic nitrogens is 2. The summed E-state index contributed by atoms with van der Waals surface area (Å²) in [5.41, 5.74) is 5.74. The van der Waals surface area contributed by atoms with Crippen LogP contribution in [0.15, 0.2) is 60.7 Å². The van der Waals surface area contributed by atoms with Crippen LogP contribution in [-0.4, -0.2) is 18.0 Å². The van der Waals surface area contributed by atoms with Gasteiger partial charge in [0, 0.05) is 30.2 Å². The fourth-order valence-corrected chi connectivity index (χ4v) is 4.98. The monoisotopic (exact) mass is 545 g/mol. The van der Waals surface area contributed by atoms with Gasteiger partial charge in [-0.15, -0.1) is 0 Å². The summed E-state index contributed by atoms with van der Waals surface area (Å²) in [5, 5.41) is 16.0. The minimum absolute atomic E-state index is 0.150. The zero-order chi connectivity index (χ0) is 29.2. The van der Waals surface area contributed by atoms with Crippen molar-refractivity contribution in [3.63, 3.8) is 0 Å². The lowest BCUT2D eigenvalue weighted by Gasteiger charge is -2.16. The molecular formula is C32H33F2N3O3. The fraction of sp³-hybridized carbons (Fsp3) is 0.250. The van der Waals surface area contributed by atoms with Gasteiger partial charge in [0.1, 0.15) is 5.75 Å². The van der Waals surface area contributed by atoms with Gasteiger partial charge in [-0.1, -0.05) is 43.3 Å². The molecule has 208 valence electrons. The average molecular weight is 546 g/mol. The van der Waals surface area contributed by atoms with Gasteiger partial charge < -0.3 is 15.3 Å². The first kappa shape index (κ1) is 28.5. The van der Waals surface area contributed by atoms with Crippen LogP contribution in [0.2, 0.25) is 0 Å². The molecule has 4 aromatic rings. The van der Waals surface area contributed by atoms with Crippen LogP contribution in [0.3, 0.4) is 0 Å². The Kier molecular flexibility index (Phi) is 8.09. The number of hydrogen-bond donors (Lipinski definition) is 2. The number of nitrogens with one attached hydrogen (secondary N) is 2. The van der Waals surface area contributed by atoms with Crippen molar-refractivity contribution < 1.29 is 23.0 Å². The number of methoxy groups -OCH3 is 1. The number of anilines is 1. The Bertz CT molecular complexity index is 1580. The molecule has 0 bridgehead atoms. The van der Waals surface area contributed by atoms with E-state index in [9.17, 15) is 18.8 Å². The molecular weight excluding hydrogens is 512 g/mol. The quantitative estimate of drug-likeness (QED) is 0.176. The number of rotatable bonds is 8. The third kappa shape index (κ3) is 5.47. The van der Waals surface area contributed by atoms with E-state index < -0.39 is 11.8 Å². The van der Waals surface area contributed by atoms with E-state index in [1.807, 2.05) is 39.0 Å². The lowest BCUT2D eigenvalue weighted by Crippen LogP contribution is -2.36. The molecule has 0 aliphatic carbocycles. The fourth-order valence-electron chi connectivity index (χ4n) is 4.98. The van der Waals surface area contributed by atoms with Crippen molar-refractivity contribution in [2.24, 2.45) is 0 Å². The average Bonchev–Trinajstić information content (AvgIpc) is 3.22. The third-order valence-electron chi connectivity index (χ3n) is 6.93. The van der Waals surface area contributed by atoms with E-state index in [0.717, 1.165) is 27.8 Å². The molecule has 0 saturated heterocycles. The Hall–Kier alpha value is -4.46. The van der Waals surface area contributed by atoms with Crippen LogP contribution in [0, 0.1) is 26.0 Å². The Labute approximate surface area is 232 Å². The number of imidazole rings is 1. The van der Waals surface area contributed by atoms with Gasteiger partial charge in [-0.25, -0.2) is 18.5 Å². The van der Waals surface area contributed by atoms with Crippen LogP contribution in [0.1, 0.15) is 58.7 Å². The number of alkyl halides is 2. The second kappa shape index (κ2) is 11.3. The highest BCUT2D eigenvalue weighted by Gasteiger charge is 2.30. The molecule has 6 nitrogen and oxygen atoms in total. The molecule has 0 saturated carbocycles. The second-order valence-corrected chi connectivity index (χ2v) is 9.78. The Morgan fingerprint density at radius 2 is 1.80 bits per heavy atom. The number of benzene rings is 3. The maximum Gasteiger partial charge on any atom is 0.300 e. The largest absolute Gasteiger partial charge is 0.710 e. The molecule has 1 aromatic heterocycles. The summed E-state index contributed by atoms with van der Waals surface area (Å²) in [7, 11) is 1.59. The number of H-pyrrole nitrogens is 1. The zero-order valence-corrected chi connectivity index (χ0v) is 23.5. The molecule has 0 atom stereocenters. The van der Waals surface area contributed by atoms with E-state index >= 15 is 0 Å². The molecule has 0 radical (unpaired) electrons. The molecule has 0 unspecified atom stereocenters. The van der Waals surface area contributed by atoms with E-state index in [-0.39, 0.29) is 29.2 Å². The topological polar surface area (TPSA) is 81.1 Å². The first-order valence-electron chi connectivity index (χ1n) is 13.0. The third-order valence-corrected chi connectivity index (χ3v) is 6.93. The van der Waals surface area contributed by atoms with Crippen molar-refractivity contribution in [1.29, 1.82) is 0 Å². The van der Waals surface area contributed by atoms with E-state index in [0.29, 0.717) is 21.7 Å². The van der Waals surface area contributed by atoms with E-state index in [1.54, 1.807) is 26.2 Å². The van der Waals surface area contributed by atoms with Crippen LogP contribution in [-0.2, 0) is 5.92 Å². The molecule has 1 heterocycles. The summed E-state index contributed by atoms with van der Waals surface area (Å²) < 4.78 is 34.5. The van der Waals surface area contributed by atoms with Crippen LogP contribution in [0.25, 0.3) is 28.6 Å². The lowest BCUT2D eigenvalue weighted by atomic mass is 9.91. The van der Waals surface area contributed by atoms with Gasteiger partial charge in [-0.05, 0) is 73.4 Å². The summed E-state index contributed by atoms with van der Waals surface area (Å²) in [4.78, 5) is 16.2. The van der Waals surface area contributed by atoms with Gasteiger partial charge >= 0.3 is 0 Å². The van der Waals surface area contributed by atoms with Crippen molar-refractivity contribution in [3.8, 4) is 28.3 Å². The number of ether oxygens (including phenoxy) is 1.